The van der Waals surface area contributed by atoms with Crippen LogP contribution in [0.5, 0.6) is 0 Å². The second-order valence-corrected chi connectivity index (χ2v) is 9.23. The molecule has 0 amide bonds. The molecule has 7 heteroatoms. The summed E-state index contributed by atoms with van der Waals surface area (Å²) >= 11 is 6.12. The fourth-order valence-corrected chi connectivity index (χ4v) is 4.51. The van der Waals surface area contributed by atoms with Crippen LogP contribution in [-0.2, 0) is 9.84 Å². The van der Waals surface area contributed by atoms with Crippen molar-refractivity contribution in [1.82, 2.24) is 4.90 Å². The van der Waals surface area contributed by atoms with Crippen LogP contribution in [0.3, 0.4) is 0 Å². The van der Waals surface area contributed by atoms with E-state index in [1.807, 2.05) is 43.0 Å². The van der Waals surface area contributed by atoms with Gasteiger partial charge in [-0.3, -0.25) is 0 Å². The molecule has 0 bridgehead atoms. The minimum absolute atomic E-state index is 0.138. The summed E-state index contributed by atoms with van der Waals surface area (Å²) in [6, 6.07) is 14.2. The summed E-state index contributed by atoms with van der Waals surface area (Å²) in [7, 11) is -3.82. The molecular weight excluding hydrogens is 394 g/mol. The van der Waals surface area contributed by atoms with Gasteiger partial charge in [0.25, 0.3) is 0 Å². The van der Waals surface area contributed by atoms with E-state index in [0.717, 1.165) is 29.9 Å². The number of anilines is 1. The van der Waals surface area contributed by atoms with Gasteiger partial charge in [0.15, 0.2) is 4.91 Å². The highest BCUT2D eigenvalue weighted by Crippen LogP contribution is 2.26. The van der Waals surface area contributed by atoms with Crippen LogP contribution in [0.25, 0.3) is 0 Å². The Morgan fingerprint density at radius 2 is 1.71 bits per heavy atom. The monoisotopic (exact) mass is 415 g/mol. The average molecular weight is 416 g/mol. The maximum atomic E-state index is 12.8. The van der Waals surface area contributed by atoms with Crippen molar-refractivity contribution in [3.8, 4) is 6.07 Å². The average Bonchev–Trinajstić information content (AvgIpc) is 2.68. The van der Waals surface area contributed by atoms with Gasteiger partial charge < -0.3 is 9.80 Å². The molecule has 0 spiro atoms. The van der Waals surface area contributed by atoms with E-state index in [2.05, 4.69) is 4.90 Å². The van der Waals surface area contributed by atoms with Gasteiger partial charge in [0.1, 0.15) is 6.07 Å². The number of nitrogens with zero attached hydrogens (tertiary/aromatic N) is 3. The summed E-state index contributed by atoms with van der Waals surface area (Å²) in [5.74, 6) is 0. The first kappa shape index (κ1) is 20.2. The van der Waals surface area contributed by atoms with Crippen LogP contribution in [0, 0.1) is 25.2 Å². The third-order valence-electron chi connectivity index (χ3n) is 4.86. The van der Waals surface area contributed by atoms with Gasteiger partial charge in [-0.25, -0.2) is 8.42 Å². The Labute approximate surface area is 171 Å². The molecule has 1 saturated heterocycles. The maximum absolute atomic E-state index is 12.8. The van der Waals surface area contributed by atoms with E-state index >= 15 is 0 Å². The number of piperazine rings is 1. The molecule has 0 atom stereocenters. The van der Waals surface area contributed by atoms with E-state index in [0.29, 0.717) is 18.1 Å². The lowest BCUT2D eigenvalue weighted by molar-refractivity contribution is 0.348. The largest absolute Gasteiger partial charge is 0.372 e. The minimum Gasteiger partial charge on any atom is -0.372 e. The summed E-state index contributed by atoms with van der Waals surface area (Å²) in [6.45, 7) is 6.63. The number of aryl methyl sites for hydroxylation is 2. The van der Waals surface area contributed by atoms with Crippen molar-refractivity contribution in [2.24, 2.45) is 0 Å². The third kappa shape index (κ3) is 4.32. The number of hydrogen-bond donors (Lipinski definition) is 0. The van der Waals surface area contributed by atoms with E-state index in [9.17, 15) is 13.7 Å². The first-order valence-electron chi connectivity index (χ1n) is 9.00. The Morgan fingerprint density at radius 3 is 2.32 bits per heavy atom. The molecular formula is C21H22ClN3O2S. The SMILES string of the molecule is Cc1ccc(S(=O)(=O)/C(C#N)=C\N2CCN(c3cc(Cl)ccc3C)CC2)cc1. The van der Waals surface area contributed by atoms with Crippen molar-refractivity contribution >= 4 is 27.1 Å². The zero-order valence-corrected chi connectivity index (χ0v) is 17.5. The predicted octanol–water partition coefficient (Wildman–Crippen LogP) is 3.92. The van der Waals surface area contributed by atoms with Gasteiger partial charge >= 0.3 is 0 Å². The lowest BCUT2D eigenvalue weighted by Gasteiger charge is -2.36. The van der Waals surface area contributed by atoms with Crippen molar-refractivity contribution in [3.63, 3.8) is 0 Å². The molecule has 0 aromatic heterocycles. The highest BCUT2D eigenvalue weighted by atomic mass is 35.5. The van der Waals surface area contributed by atoms with E-state index in [-0.39, 0.29) is 9.80 Å². The molecule has 0 aliphatic carbocycles. The molecule has 2 aromatic rings. The molecule has 1 aliphatic heterocycles. The highest BCUT2D eigenvalue weighted by Gasteiger charge is 2.23. The van der Waals surface area contributed by atoms with E-state index in [4.69, 9.17) is 11.6 Å². The standard InChI is InChI=1S/C21H22ClN3O2S/c1-16-3-7-19(8-4-16)28(26,27)20(14-23)15-24-9-11-25(12-10-24)21-13-18(22)6-5-17(21)2/h3-8,13,15H,9-12H2,1-2H3/b20-15-. The lowest BCUT2D eigenvalue weighted by atomic mass is 10.1. The van der Waals surface area contributed by atoms with Crippen LogP contribution in [0.2, 0.25) is 5.02 Å². The second-order valence-electron chi connectivity index (χ2n) is 6.88. The molecule has 0 saturated carbocycles. The summed E-state index contributed by atoms with van der Waals surface area (Å²) < 4.78 is 25.5. The van der Waals surface area contributed by atoms with Crippen molar-refractivity contribution < 1.29 is 8.42 Å². The van der Waals surface area contributed by atoms with Gasteiger partial charge in [0.05, 0.1) is 4.90 Å². The Hall–Kier alpha value is -2.49. The van der Waals surface area contributed by atoms with Crippen LogP contribution in [0.1, 0.15) is 11.1 Å². The van der Waals surface area contributed by atoms with Crippen molar-refractivity contribution in [2.75, 3.05) is 31.1 Å². The Balaban J connectivity index is 1.76. The van der Waals surface area contributed by atoms with Gasteiger partial charge in [-0.2, -0.15) is 5.26 Å². The molecule has 5 nitrogen and oxygen atoms in total. The van der Waals surface area contributed by atoms with Gasteiger partial charge in [-0.1, -0.05) is 35.4 Å². The molecule has 146 valence electrons. The fourth-order valence-electron chi connectivity index (χ4n) is 3.18. The first-order valence-corrected chi connectivity index (χ1v) is 10.9. The smallest absolute Gasteiger partial charge is 0.218 e. The van der Waals surface area contributed by atoms with Gasteiger partial charge in [0.2, 0.25) is 9.84 Å². The Morgan fingerprint density at radius 1 is 1.07 bits per heavy atom. The van der Waals surface area contributed by atoms with Crippen LogP contribution < -0.4 is 4.90 Å². The normalized spacial score (nSPS) is 15.4. The number of sulfone groups is 1. The van der Waals surface area contributed by atoms with Crippen molar-refractivity contribution in [1.29, 1.82) is 5.26 Å². The molecule has 3 rings (SSSR count). The van der Waals surface area contributed by atoms with Crippen LogP contribution >= 0.6 is 11.6 Å². The van der Waals surface area contributed by atoms with E-state index < -0.39 is 9.84 Å². The molecule has 0 N–H and O–H groups in total. The molecule has 0 unspecified atom stereocenters. The Bertz CT molecular complexity index is 1030. The lowest BCUT2D eigenvalue weighted by Crippen LogP contribution is -2.44. The molecule has 2 aromatic carbocycles. The number of hydrogen-bond acceptors (Lipinski definition) is 5. The van der Waals surface area contributed by atoms with E-state index in [1.54, 1.807) is 12.1 Å². The Kier molecular flexibility index (Phi) is 5.97. The molecule has 1 heterocycles. The predicted molar refractivity (Wildman–Crippen MR) is 112 cm³/mol. The quantitative estimate of drug-likeness (QED) is 0.708. The second kappa shape index (κ2) is 8.26. The number of rotatable bonds is 4. The summed E-state index contributed by atoms with van der Waals surface area (Å²) in [6.07, 6.45) is 1.47. The van der Waals surface area contributed by atoms with Crippen LogP contribution in [-0.4, -0.2) is 39.5 Å². The summed E-state index contributed by atoms with van der Waals surface area (Å²) in [5.41, 5.74) is 3.20. The van der Waals surface area contributed by atoms with Gasteiger partial charge in [0, 0.05) is 43.1 Å². The summed E-state index contributed by atoms with van der Waals surface area (Å²) in [4.78, 5) is 4.02. The zero-order valence-electron chi connectivity index (χ0n) is 15.9. The van der Waals surface area contributed by atoms with Crippen molar-refractivity contribution in [3.05, 3.63) is 69.7 Å². The molecule has 0 radical (unpaired) electrons. The van der Waals surface area contributed by atoms with Crippen LogP contribution in [0.4, 0.5) is 5.69 Å². The maximum Gasteiger partial charge on any atom is 0.218 e. The number of benzene rings is 2. The number of nitriles is 1. The fraction of sp³-hybridized carbons (Fsp3) is 0.286. The zero-order chi connectivity index (χ0) is 20.3. The van der Waals surface area contributed by atoms with Gasteiger partial charge in [-0.05, 0) is 43.7 Å². The third-order valence-corrected chi connectivity index (χ3v) is 6.76. The number of halogens is 1. The molecule has 1 aliphatic rings. The molecule has 28 heavy (non-hydrogen) atoms. The first-order chi connectivity index (χ1) is 13.3. The topological polar surface area (TPSA) is 64.4 Å². The summed E-state index contributed by atoms with van der Waals surface area (Å²) in [5, 5.41) is 10.1. The van der Waals surface area contributed by atoms with Gasteiger partial charge in [-0.15, -0.1) is 0 Å². The number of allylic oxidation sites excluding steroid dienone is 1. The molecule has 1 fully saturated rings. The van der Waals surface area contributed by atoms with Crippen molar-refractivity contribution in [2.45, 2.75) is 18.7 Å². The van der Waals surface area contributed by atoms with E-state index in [1.165, 1.54) is 18.3 Å². The highest BCUT2D eigenvalue weighted by molar-refractivity contribution is 7.95. The van der Waals surface area contributed by atoms with Crippen LogP contribution in [0.15, 0.2) is 58.5 Å². The minimum atomic E-state index is -3.82.